The van der Waals surface area contributed by atoms with Crippen LogP contribution in [0.15, 0.2) is 97.1 Å². The summed E-state index contributed by atoms with van der Waals surface area (Å²) >= 11 is 0. The van der Waals surface area contributed by atoms with Gasteiger partial charge in [-0.05, 0) is 23.3 Å². The lowest BCUT2D eigenvalue weighted by Gasteiger charge is -2.47. The first-order valence-corrected chi connectivity index (χ1v) is 13.0. The molecule has 0 aromatic heterocycles. The number of rotatable bonds is 4. The highest BCUT2D eigenvalue weighted by Gasteiger charge is 2.49. The minimum Gasteiger partial charge on any atom is -0.452 e. The molecular weight excluding hydrogens is 492 g/mol. The van der Waals surface area contributed by atoms with Gasteiger partial charge in [0.2, 0.25) is 0 Å². The molecule has 1 spiro atoms. The van der Waals surface area contributed by atoms with Crippen molar-refractivity contribution in [3.8, 4) is 23.0 Å². The van der Waals surface area contributed by atoms with Gasteiger partial charge < -0.3 is 18.9 Å². The molecule has 6 heteroatoms. The molecule has 0 fully saturated rings. The third kappa shape index (κ3) is 4.98. The van der Waals surface area contributed by atoms with Gasteiger partial charge in [-0.2, -0.15) is 0 Å². The molecule has 0 amide bonds. The fourth-order valence-electron chi connectivity index (χ4n) is 5.72. The van der Waals surface area contributed by atoms with Gasteiger partial charge in [-0.1, -0.05) is 72.8 Å². The molecule has 4 aromatic rings. The van der Waals surface area contributed by atoms with E-state index in [1.54, 1.807) is 24.3 Å². The Hall–Kier alpha value is -4.58. The minimum atomic E-state index is -1.02. The van der Waals surface area contributed by atoms with E-state index in [4.69, 9.17) is 18.9 Å². The molecule has 0 radical (unpaired) electrons. The van der Waals surface area contributed by atoms with Crippen LogP contribution in [0.2, 0.25) is 0 Å². The van der Waals surface area contributed by atoms with E-state index >= 15 is 0 Å². The highest BCUT2D eigenvalue weighted by Crippen LogP contribution is 2.53. The monoisotopic (exact) mass is 520 g/mol. The SMILES string of the molecule is CC(=O)Oc1ccc2c(c1)OC1(CC2c2ccccc2)CC(c2ccccc2)c2ccc(OC(C)=O)cc2O1. The summed E-state index contributed by atoms with van der Waals surface area (Å²) in [6.07, 6.45) is 1.13. The molecule has 2 unspecified atom stereocenters. The van der Waals surface area contributed by atoms with Crippen LogP contribution in [0.1, 0.15) is 60.8 Å². The van der Waals surface area contributed by atoms with Crippen LogP contribution in [0, 0.1) is 0 Å². The number of carbonyl (C=O) groups excluding carboxylic acids is 2. The zero-order chi connectivity index (χ0) is 27.0. The summed E-state index contributed by atoms with van der Waals surface area (Å²) in [5, 5.41) is 0. The molecule has 4 aromatic carbocycles. The summed E-state index contributed by atoms with van der Waals surface area (Å²) in [6, 6.07) is 31.6. The molecule has 196 valence electrons. The Balaban J connectivity index is 1.48. The van der Waals surface area contributed by atoms with E-state index in [0.29, 0.717) is 35.8 Å². The normalized spacial score (nSPS) is 21.1. The third-order valence-corrected chi connectivity index (χ3v) is 7.27. The van der Waals surface area contributed by atoms with E-state index in [-0.39, 0.29) is 11.8 Å². The number of hydrogen-bond acceptors (Lipinski definition) is 6. The fraction of sp³-hybridized carbons (Fsp3) is 0.212. The zero-order valence-corrected chi connectivity index (χ0v) is 21.8. The molecule has 2 aliphatic heterocycles. The van der Waals surface area contributed by atoms with Crippen molar-refractivity contribution >= 4 is 11.9 Å². The van der Waals surface area contributed by atoms with Crippen LogP contribution in [0.3, 0.4) is 0 Å². The van der Waals surface area contributed by atoms with Gasteiger partial charge in [0.1, 0.15) is 23.0 Å². The largest absolute Gasteiger partial charge is 0.452 e. The Morgan fingerprint density at radius 3 is 1.44 bits per heavy atom. The van der Waals surface area contributed by atoms with Crippen molar-refractivity contribution < 1.29 is 28.5 Å². The maximum Gasteiger partial charge on any atom is 0.308 e. The molecule has 2 atom stereocenters. The Kier molecular flexibility index (Phi) is 6.31. The number of hydrogen-bond donors (Lipinski definition) is 0. The van der Waals surface area contributed by atoms with Gasteiger partial charge in [0.25, 0.3) is 5.79 Å². The summed E-state index contributed by atoms with van der Waals surface area (Å²) < 4.78 is 24.3. The van der Waals surface area contributed by atoms with Gasteiger partial charge in [0.05, 0.1) is 0 Å². The minimum absolute atomic E-state index is 0.0176. The molecule has 2 aliphatic rings. The van der Waals surface area contributed by atoms with Crippen molar-refractivity contribution in [3.05, 3.63) is 119 Å². The summed E-state index contributed by atoms with van der Waals surface area (Å²) in [4.78, 5) is 23.4. The second-order valence-electron chi connectivity index (χ2n) is 10.0. The Bertz CT molecular complexity index is 1410. The average molecular weight is 521 g/mol. The standard InChI is InChI=1S/C33H28O6/c1-21(34)36-25-13-15-27-29(23-9-5-3-6-10-23)19-33(38-31(27)17-25)20-30(24-11-7-4-8-12-24)28-16-14-26(37-22(2)35)18-32(28)39-33/h3-18,29-30H,19-20H2,1-2H3. The molecule has 39 heavy (non-hydrogen) atoms. The lowest BCUT2D eigenvalue weighted by Crippen LogP contribution is -2.50. The second-order valence-corrected chi connectivity index (χ2v) is 10.0. The van der Waals surface area contributed by atoms with E-state index < -0.39 is 17.7 Å². The molecular formula is C33H28O6. The maximum absolute atomic E-state index is 11.7. The number of fused-ring (bicyclic) bond motifs is 2. The van der Waals surface area contributed by atoms with Crippen LogP contribution >= 0.6 is 0 Å². The zero-order valence-electron chi connectivity index (χ0n) is 21.8. The molecule has 2 heterocycles. The molecule has 0 saturated carbocycles. The van der Waals surface area contributed by atoms with Crippen LogP contribution in [0.25, 0.3) is 0 Å². The molecule has 0 bridgehead atoms. The first-order chi connectivity index (χ1) is 18.9. The Morgan fingerprint density at radius 1 is 0.641 bits per heavy atom. The van der Waals surface area contributed by atoms with Crippen LogP contribution in [-0.4, -0.2) is 17.7 Å². The number of carbonyl (C=O) groups is 2. The lowest BCUT2D eigenvalue weighted by molar-refractivity contribution is -0.146. The summed E-state index contributed by atoms with van der Waals surface area (Å²) in [6.45, 7) is 2.75. The van der Waals surface area contributed by atoms with Gasteiger partial charge in [0.15, 0.2) is 0 Å². The summed E-state index contributed by atoms with van der Waals surface area (Å²) in [7, 11) is 0. The van der Waals surface area contributed by atoms with Gasteiger partial charge >= 0.3 is 11.9 Å². The second kappa shape index (κ2) is 9.95. The highest BCUT2D eigenvalue weighted by atomic mass is 16.7. The van der Waals surface area contributed by atoms with Gasteiger partial charge in [-0.25, -0.2) is 0 Å². The van der Waals surface area contributed by atoms with Crippen molar-refractivity contribution in [3.63, 3.8) is 0 Å². The predicted molar refractivity (Wildman–Crippen MR) is 145 cm³/mol. The van der Waals surface area contributed by atoms with Gasteiger partial charge in [-0.15, -0.1) is 0 Å². The number of benzene rings is 4. The average Bonchev–Trinajstić information content (AvgIpc) is 2.92. The highest BCUT2D eigenvalue weighted by molar-refractivity contribution is 5.70. The van der Waals surface area contributed by atoms with E-state index in [1.165, 1.54) is 13.8 Å². The van der Waals surface area contributed by atoms with Crippen LogP contribution < -0.4 is 18.9 Å². The Labute approximate surface area is 227 Å². The van der Waals surface area contributed by atoms with Crippen molar-refractivity contribution in [1.29, 1.82) is 0 Å². The van der Waals surface area contributed by atoms with E-state index in [0.717, 1.165) is 22.3 Å². The predicted octanol–water partition coefficient (Wildman–Crippen LogP) is 6.76. The van der Waals surface area contributed by atoms with Crippen LogP contribution in [0.4, 0.5) is 0 Å². The smallest absolute Gasteiger partial charge is 0.308 e. The van der Waals surface area contributed by atoms with E-state index in [1.807, 2.05) is 48.5 Å². The topological polar surface area (TPSA) is 71.1 Å². The molecule has 6 rings (SSSR count). The van der Waals surface area contributed by atoms with Crippen LogP contribution in [0.5, 0.6) is 23.0 Å². The van der Waals surface area contributed by atoms with Crippen molar-refractivity contribution in [2.24, 2.45) is 0 Å². The molecule has 0 N–H and O–H groups in total. The van der Waals surface area contributed by atoms with Crippen molar-refractivity contribution in [2.45, 2.75) is 44.3 Å². The molecule has 0 aliphatic carbocycles. The van der Waals surface area contributed by atoms with Crippen molar-refractivity contribution in [1.82, 2.24) is 0 Å². The first-order valence-electron chi connectivity index (χ1n) is 13.0. The Morgan fingerprint density at radius 2 is 1.05 bits per heavy atom. The lowest BCUT2D eigenvalue weighted by atomic mass is 9.76. The van der Waals surface area contributed by atoms with Crippen molar-refractivity contribution in [2.75, 3.05) is 0 Å². The van der Waals surface area contributed by atoms with E-state index in [2.05, 4.69) is 24.3 Å². The fourth-order valence-corrected chi connectivity index (χ4v) is 5.72. The molecule has 6 nitrogen and oxygen atoms in total. The first kappa shape index (κ1) is 24.7. The third-order valence-electron chi connectivity index (χ3n) is 7.27. The summed E-state index contributed by atoms with van der Waals surface area (Å²) in [5.74, 6) is 0.198. The summed E-state index contributed by atoms with van der Waals surface area (Å²) in [5.41, 5.74) is 4.28. The maximum atomic E-state index is 11.7. The number of esters is 2. The molecule has 0 saturated heterocycles. The van der Waals surface area contributed by atoms with Crippen LogP contribution in [-0.2, 0) is 9.59 Å². The van der Waals surface area contributed by atoms with Gasteiger partial charge in [0, 0.05) is 61.8 Å². The quantitative estimate of drug-likeness (QED) is 0.219. The van der Waals surface area contributed by atoms with E-state index in [9.17, 15) is 9.59 Å². The number of ether oxygens (including phenoxy) is 4. The van der Waals surface area contributed by atoms with Gasteiger partial charge in [-0.3, -0.25) is 9.59 Å².